The molecule has 2 aliphatic rings. The van der Waals surface area contributed by atoms with Gasteiger partial charge in [0, 0.05) is 62.5 Å². The van der Waals surface area contributed by atoms with E-state index in [1.54, 1.807) is 30.8 Å². The summed E-state index contributed by atoms with van der Waals surface area (Å²) in [7, 11) is 3.22. The zero-order valence-corrected chi connectivity index (χ0v) is 26.6. The number of thioether (sulfide) groups is 1. The second kappa shape index (κ2) is 15.3. The number of halogens is 2. The van der Waals surface area contributed by atoms with E-state index in [2.05, 4.69) is 5.32 Å². The molecular weight excluding hydrogens is 609 g/mol. The van der Waals surface area contributed by atoms with Crippen LogP contribution in [0.5, 0.6) is 5.75 Å². The monoisotopic (exact) mass is 645 g/mol. The number of hydrogen-bond donors (Lipinski definition) is 1. The average Bonchev–Trinajstić information content (AvgIpc) is 3.20. The largest absolute Gasteiger partial charge is 0.497 e. The summed E-state index contributed by atoms with van der Waals surface area (Å²) in [5.74, 6) is -0.0510. The highest BCUT2D eigenvalue weighted by atomic mass is 35.5. The summed E-state index contributed by atoms with van der Waals surface area (Å²) in [4.78, 5) is 57.8. The van der Waals surface area contributed by atoms with E-state index in [4.69, 9.17) is 16.3 Å². The predicted molar refractivity (Wildman–Crippen MR) is 170 cm³/mol. The molecule has 0 radical (unpaired) electrons. The molecule has 1 fully saturated rings. The first kappa shape index (κ1) is 33.1. The summed E-state index contributed by atoms with van der Waals surface area (Å²) in [6, 6.07) is 9.47. The number of amides is 5. The number of likely N-dealkylation sites (tertiary alicyclic amines) is 1. The van der Waals surface area contributed by atoms with Gasteiger partial charge < -0.3 is 29.7 Å². The van der Waals surface area contributed by atoms with E-state index >= 15 is 0 Å². The smallest absolute Gasteiger partial charge is 0.322 e. The summed E-state index contributed by atoms with van der Waals surface area (Å²) >= 11 is 7.79. The first-order valence-electron chi connectivity index (χ1n) is 14.3. The summed E-state index contributed by atoms with van der Waals surface area (Å²) in [5, 5.41) is 2.74. The number of carbonyl (C=O) groups is 4. The Bertz CT molecular complexity index is 1420. The van der Waals surface area contributed by atoms with E-state index in [1.165, 1.54) is 29.3 Å². The third kappa shape index (κ3) is 7.84. The minimum atomic E-state index is -0.701. The van der Waals surface area contributed by atoms with Crippen molar-refractivity contribution in [2.45, 2.75) is 25.3 Å². The number of anilines is 1. The van der Waals surface area contributed by atoms with Gasteiger partial charge in [0.25, 0.3) is 5.91 Å². The fourth-order valence-corrected chi connectivity index (χ4v) is 6.04. The molecule has 236 valence electrons. The van der Waals surface area contributed by atoms with Crippen LogP contribution in [-0.4, -0.2) is 109 Å². The highest BCUT2D eigenvalue weighted by Gasteiger charge is 2.32. The van der Waals surface area contributed by atoms with Crippen molar-refractivity contribution in [3.8, 4) is 5.75 Å². The highest BCUT2D eigenvalue weighted by Crippen LogP contribution is 2.29. The Labute approximate surface area is 266 Å². The second-order valence-electron chi connectivity index (χ2n) is 10.6. The lowest BCUT2D eigenvalue weighted by Crippen LogP contribution is -2.51. The maximum Gasteiger partial charge on any atom is 0.322 e. The molecule has 0 aromatic heterocycles. The van der Waals surface area contributed by atoms with Gasteiger partial charge in [-0.05, 0) is 55.3 Å². The van der Waals surface area contributed by atoms with E-state index in [-0.39, 0.29) is 40.7 Å². The Morgan fingerprint density at radius 1 is 1.20 bits per heavy atom. The van der Waals surface area contributed by atoms with E-state index in [0.717, 1.165) is 21.9 Å². The number of nitrogens with zero attached hydrogens (tertiary/aromatic N) is 4. The lowest BCUT2D eigenvalue weighted by molar-refractivity contribution is -0.135. The van der Waals surface area contributed by atoms with Crippen molar-refractivity contribution in [3.05, 3.63) is 64.6 Å². The Morgan fingerprint density at radius 2 is 1.95 bits per heavy atom. The second-order valence-corrected chi connectivity index (χ2v) is 12.0. The number of methoxy groups -OCH3 is 1. The van der Waals surface area contributed by atoms with Gasteiger partial charge in [0.15, 0.2) is 0 Å². The number of carbonyl (C=O) groups excluding carboxylic acids is 4. The molecule has 13 heteroatoms. The number of urea groups is 1. The van der Waals surface area contributed by atoms with Crippen molar-refractivity contribution in [2.75, 3.05) is 64.2 Å². The van der Waals surface area contributed by atoms with Crippen LogP contribution in [0.25, 0.3) is 5.57 Å². The molecule has 0 atom stereocenters. The van der Waals surface area contributed by atoms with Crippen molar-refractivity contribution in [1.29, 1.82) is 0 Å². The molecule has 0 unspecified atom stereocenters. The van der Waals surface area contributed by atoms with Crippen LogP contribution >= 0.6 is 23.4 Å². The number of rotatable bonds is 11. The molecule has 0 saturated carbocycles. The Kier molecular flexibility index (Phi) is 11.5. The molecule has 0 aliphatic carbocycles. The van der Waals surface area contributed by atoms with Gasteiger partial charge in [0.05, 0.1) is 17.7 Å². The molecule has 2 aromatic rings. The van der Waals surface area contributed by atoms with Gasteiger partial charge in [0.2, 0.25) is 12.3 Å². The van der Waals surface area contributed by atoms with Crippen LogP contribution in [0, 0.1) is 5.82 Å². The van der Waals surface area contributed by atoms with Crippen molar-refractivity contribution in [2.24, 2.45) is 0 Å². The first-order chi connectivity index (χ1) is 21.2. The lowest BCUT2D eigenvalue weighted by Gasteiger charge is -2.38. The van der Waals surface area contributed by atoms with Crippen LogP contribution in [0.3, 0.4) is 0 Å². The number of nitrogens with one attached hydrogen (secondary N) is 1. The van der Waals surface area contributed by atoms with E-state index in [9.17, 15) is 23.6 Å². The highest BCUT2D eigenvalue weighted by molar-refractivity contribution is 7.98. The Hall–Kier alpha value is -3.77. The van der Waals surface area contributed by atoms with Crippen LogP contribution < -0.4 is 10.1 Å². The van der Waals surface area contributed by atoms with Crippen molar-refractivity contribution in [1.82, 2.24) is 19.6 Å². The Morgan fingerprint density at radius 3 is 2.64 bits per heavy atom. The maximum atomic E-state index is 14.3. The van der Waals surface area contributed by atoms with Crippen LogP contribution in [0.15, 0.2) is 42.6 Å². The molecule has 2 heterocycles. The summed E-state index contributed by atoms with van der Waals surface area (Å²) < 4.78 is 19.6. The normalized spacial score (nSPS) is 15.7. The summed E-state index contributed by atoms with van der Waals surface area (Å²) in [6.45, 7) is 1.47. The standard InChI is InChI=1S/C31H37ClFN5O5S/c1-35(15-16-44-3)30(41)25(24-5-4-6-26(33)29(24)32)18-36(20-39)19-28(40)37-12-10-22(11-13-37)38-14-9-21-17-23(43-2)7-8-27(21)34-31(38)42/h4-8,17-18,20,22H,9-16,19H2,1-3H3,(H,34,42)/b25-18-. The van der Waals surface area contributed by atoms with Crippen LogP contribution in [-0.2, 0) is 20.8 Å². The minimum absolute atomic E-state index is 0.00232. The predicted octanol–water partition coefficient (Wildman–Crippen LogP) is 4.19. The summed E-state index contributed by atoms with van der Waals surface area (Å²) in [5.41, 5.74) is 1.90. The average molecular weight is 646 g/mol. The molecule has 0 spiro atoms. The Balaban J connectivity index is 1.42. The van der Waals surface area contributed by atoms with Crippen molar-refractivity contribution >= 4 is 58.9 Å². The first-order valence-corrected chi connectivity index (χ1v) is 16.1. The molecule has 0 bridgehead atoms. The maximum absolute atomic E-state index is 14.3. The van der Waals surface area contributed by atoms with E-state index in [1.807, 2.05) is 29.4 Å². The molecule has 5 amide bonds. The molecule has 10 nitrogen and oxygen atoms in total. The molecule has 4 rings (SSSR count). The number of fused-ring (bicyclic) bond motifs is 1. The molecular formula is C31H37ClFN5O5S. The van der Waals surface area contributed by atoms with Crippen molar-refractivity contribution in [3.63, 3.8) is 0 Å². The topological polar surface area (TPSA) is 102 Å². The van der Waals surface area contributed by atoms with E-state index < -0.39 is 11.7 Å². The third-order valence-corrected chi connectivity index (χ3v) is 8.87. The van der Waals surface area contributed by atoms with Crippen LogP contribution in [0.4, 0.5) is 14.9 Å². The van der Waals surface area contributed by atoms with E-state index in [0.29, 0.717) is 57.6 Å². The van der Waals surface area contributed by atoms with Gasteiger partial charge in [-0.1, -0.05) is 23.7 Å². The molecule has 1 N–H and O–H groups in total. The molecule has 2 aromatic carbocycles. The number of hydrogen-bond acceptors (Lipinski definition) is 6. The quantitative estimate of drug-likeness (QED) is 0.291. The number of likely N-dealkylation sites (N-methyl/N-ethyl adjacent to an activating group) is 1. The third-order valence-electron chi connectivity index (χ3n) is 7.89. The SMILES string of the molecule is COc1ccc2c(c1)CCN(C1CCN(C(=O)CN(C=O)/C=C(\C(=O)N(C)CCSC)c3cccc(F)c3Cl)CC1)C(=O)N2. The fraction of sp³-hybridized carbons (Fsp3) is 0.419. The van der Waals surface area contributed by atoms with Crippen LogP contribution in [0.1, 0.15) is 24.0 Å². The van der Waals surface area contributed by atoms with Gasteiger partial charge in [-0.25, -0.2) is 9.18 Å². The van der Waals surface area contributed by atoms with Crippen molar-refractivity contribution < 1.29 is 28.3 Å². The molecule has 44 heavy (non-hydrogen) atoms. The minimum Gasteiger partial charge on any atom is -0.497 e. The molecule has 1 saturated heterocycles. The number of ether oxygens (including phenoxy) is 1. The van der Waals surface area contributed by atoms with Gasteiger partial charge in [0.1, 0.15) is 18.1 Å². The van der Waals surface area contributed by atoms with Gasteiger partial charge in [-0.15, -0.1) is 0 Å². The lowest BCUT2D eigenvalue weighted by atomic mass is 10.0. The fourth-order valence-electron chi connectivity index (χ4n) is 5.35. The number of piperidine rings is 1. The summed E-state index contributed by atoms with van der Waals surface area (Å²) in [6.07, 6.45) is 5.47. The van der Waals surface area contributed by atoms with Gasteiger partial charge in [-0.3, -0.25) is 14.4 Å². The van der Waals surface area contributed by atoms with Gasteiger partial charge >= 0.3 is 6.03 Å². The van der Waals surface area contributed by atoms with Gasteiger partial charge in [-0.2, -0.15) is 11.8 Å². The van der Waals surface area contributed by atoms with Crippen LogP contribution in [0.2, 0.25) is 5.02 Å². The zero-order valence-electron chi connectivity index (χ0n) is 25.1. The molecule has 2 aliphatic heterocycles. The number of benzene rings is 2. The zero-order chi connectivity index (χ0) is 31.8.